The van der Waals surface area contributed by atoms with Gasteiger partial charge in [-0.2, -0.15) is 9.78 Å². The van der Waals surface area contributed by atoms with Gasteiger partial charge in [0.25, 0.3) is 5.56 Å². The molecule has 3 heterocycles. The van der Waals surface area contributed by atoms with E-state index < -0.39 is 21.4 Å². The Hall–Kier alpha value is -4.84. The van der Waals surface area contributed by atoms with Crippen LogP contribution in [0.5, 0.6) is 0 Å². The number of carbonyl (C=O) groups is 1. The molecule has 0 aliphatic heterocycles. The van der Waals surface area contributed by atoms with E-state index in [0.29, 0.717) is 28.1 Å². The highest BCUT2D eigenvalue weighted by molar-refractivity contribution is 7.90. The summed E-state index contributed by atoms with van der Waals surface area (Å²) in [5.74, 6) is 0.0395. The standard InChI is InChI=1S/C27H23N5O6S/c1-16-9-17(22-13-28-15-38-22)11-18(10-16)25-20-5-4-8-29-26(20)27(34)32(31-25)21-12-19(30-14-24(33)37-2)6-7-23(21)39(3,35)36/h4-13,15,30H,14H2,1-3H3. The molecule has 0 unspecified atom stereocenters. The lowest BCUT2D eigenvalue weighted by molar-refractivity contribution is -0.138. The lowest BCUT2D eigenvalue weighted by Crippen LogP contribution is -2.25. The predicted molar refractivity (Wildman–Crippen MR) is 144 cm³/mol. The number of methoxy groups -OCH3 is 1. The maximum Gasteiger partial charge on any atom is 0.325 e. The number of rotatable bonds is 7. The minimum absolute atomic E-state index is 0.00859. The number of esters is 1. The topological polar surface area (TPSA) is 146 Å². The van der Waals surface area contributed by atoms with Crippen molar-refractivity contribution in [2.45, 2.75) is 11.8 Å². The summed E-state index contributed by atoms with van der Waals surface area (Å²) < 4.78 is 36.6. The van der Waals surface area contributed by atoms with Crippen LogP contribution >= 0.6 is 0 Å². The number of aromatic nitrogens is 4. The molecule has 0 aliphatic rings. The summed E-state index contributed by atoms with van der Waals surface area (Å²) in [5.41, 5.74) is 2.64. The number of hydrogen-bond donors (Lipinski definition) is 1. The minimum Gasteiger partial charge on any atom is -0.468 e. The van der Waals surface area contributed by atoms with Crippen LogP contribution in [0.4, 0.5) is 5.69 Å². The number of benzene rings is 2. The highest BCUT2D eigenvalue weighted by atomic mass is 32.2. The first-order valence-electron chi connectivity index (χ1n) is 11.7. The molecule has 5 rings (SSSR count). The van der Waals surface area contributed by atoms with E-state index >= 15 is 0 Å². The van der Waals surface area contributed by atoms with Crippen molar-refractivity contribution in [2.24, 2.45) is 0 Å². The molecule has 0 atom stereocenters. The van der Waals surface area contributed by atoms with Gasteiger partial charge >= 0.3 is 5.97 Å². The normalized spacial score (nSPS) is 11.5. The Bertz CT molecular complexity index is 1880. The molecule has 0 fully saturated rings. The van der Waals surface area contributed by atoms with Crippen molar-refractivity contribution in [2.75, 3.05) is 25.2 Å². The Kier molecular flexibility index (Phi) is 6.71. The number of nitrogens with one attached hydrogen (secondary N) is 1. The van der Waals surface area contributed by atoms with E-state index in [1.807, 2.05) is 25.1 Å². The lowest BCUT2D eigenvalue weighted by atomic mass is 10.0. The molecular weight excluding hydrogens is 522 g/mol. The summed E-state index contributed by atoms with van der Waals surface area (Å²) in [7, 11) is -2.53. The van der Waals surface area contributed by atoms with E-state index in [-0.39, 0.29) is 22.6 Å². The van der Waals surface area contributed by atoms with Crippen molar-refractivity contribution in [1.82, 2.24) is 19.7 Å². The SMILES string of the molecule is COC(=O)CNc1ccc(S(C)(=O)=O)c(-n2nc(-c3cc(C)cc(-c4cnco4)c3)c3cccnc3c2=O)c1. The van der Waals surface area contributed by atoms with Gasteiger partial charge in [0, 0.05) is 34.7 Å². The molecule has 5 aromatic rings. The van der Waals surface area contributed by atoms with Gasteiger partial charge in [0.05, 0.1) is 23.9 Å². The molecule has 0 saturated carbocycles. The second-order valence-corrected chi connectivity index (χ2v) is 10.8. The fourth-order valence-electron chi connectivity index (χ4n) is 4.22. The number of aryl methyl sites for hydroxylation is 1. The second-order valence-electron chi connectivity index (χ2n) is 8.80. The molecule has 0 radical (unpaired) electrons. The number of hydrogen-bond acceptors (Lipinski definition) is 10. The Morgan fingerprint density at radius 1 is 1.13 bits per heavy atom. The highest BCUT2D eigenvalue weighted by Gasteiger charge is 2.21. The number of sulfone groups is 1. The molecule has 2 aromatic carbocycles. The Morgan fingerprint density at radius 2 is 1.92 bits per heavy atom. The quantitative estimate of drug-likeness (QED) is 0.302. The molecule has 0 saturated heterocycles. The molecule has 0 bridgehead atoms. The molecule has 198 valence electrons. The molecule has 11 nitrogen and oxygen atoms in total. The van der Waals surface area contributed by atoms with Crippen LogP contribution in [0.2, 0.25) is 0 Å². The fraction of sp³-hybridized carbons (Fsp3) is 0.148. The molecule has 0 aliphatic carbocycles. The lowest BCUT2D eigenvalue weighted by Gasteiger charge is -2.15. The monoisotopic (exact) mass is 545 g/mol. The van der Waals surface area contributed by atoms with Crippen molar-refractivity contribution in [1.29, 1.82) is 0 Å². The van der Waals surface area contributed by atoms with E-state index in [9.17, 15) is 18.0 Å². The van der Waals surface area contributed by atoms with Crippen LogP contribution in [0.15, 0.2) is 81.4 Å². The van der Waals surface area contributed by atoms with Gasteiger partial charge in [0.2, 0.25) is 0 Å². The van der Waals surface area contributed by atoms with Crippen LogP contribution in [0.25, 0.3) is 39.2 Å². The second kappa shape index (κ2) is 10.1. The van der Waals surface area contributed by atoms with Crippen LogP contribution in [-0.4, -0.2) is 54.0 Å². The van der Waals surface area contributed by atoms with E-state index in [1.165, 1.54) is 37.9 Å². The molecule has 39 heavy (non-hydrogen) atoms. The van der Waals surface area contributed by atoms with E-state index in [0.717, 1.165) is 22.1 Å². The Morgan fingerprint density at radius 3 is 2.64 bits per heavy atom. The van der Waals surface area contributed by atoms with Crippen molar-refractivity contribution in [3.63, 3.8) is 0 Å². The zero-order valence-electron chi connectivity index (χ0n) is 21.2. The van der Waals surface area contributed by atoms with Crippen molar-refractivity contribution in [3.05, 3.63) is 83.2 Å². The van der Waals surface area contributed by atoms with Gasteiger partial charge in [-0.3, -0.25) is 14.6 Å². The number of anilines is 1. The van der Waals surface area contributed by atoms with Gasteiger partial charge in [-0.25, -0.2) is 13.4 Å². The average Bonchev–Trinajstić information content (AvgIpc) is 3.46. The molecule has 12 heteroatoms. The van der Waals surface area contributed by atoms with Gasteiger partial charge < -0.3 is 14.5 Å². The molecule has 3 aromatic heterocycles. The number of ether oxygens (including phenoxy) is 1. The summed E-state index contributed by atoms with van der Waals surface area (Å²) in [6, 6.07) is 13.4. The van der Waals surface area contributed by atoms with Crippen LogP contribution in [0.3, 0.4) is 0 Å². The van der Waals surface area contributed by atoms with Gasteiger partial charge in [0.1, 0.15) is 17.8 Å². The zero-order valence-corrected chi connectivity index (χ0v) is 22.0. The summed E-state index contributed by atoms with van der Waals surface area (Å²) >= 11 is 0. The predicted octanol–water partition coefficient (Wildman–Crippen LogP) is 3.40. The summed E-state index contributed by atoms with van der Waals surface area (Å²) in [4.78, 5) is 33.5. The summed E-state index contributed by atoms with van der Waals surface area (Å²) in [5, 5.41) is 8.03. The van der Waals surface area contributed by atoms with Crippen LogP contribution in [0.1, 0.15) is 5.56 Å². The van der Waals surface area contributed by atoms with E-state index in [2.05, 4.69) is 25.1 Å². The third kappa shape index (κ3) is 5.14. The fourth-order valence-corrected chi connectivity index (χ4v) is 5.06. The maximum atomic E-state index is 13.7. The Labute approximate surface area is 223 Å². The van der Waals surface area contributed by atoms with Crippen molar-refractivity contribution >= 4 is 32.4 Å². The Balaban J connectivity index is 1.78. The van der Waals surface area contributed by atoms with Crippen LogP contribution in [0, 0.1) is 6.92 Å². The first kappa shape index (κ1) is 25.8. The number of oxazole rings is 1. The molecule has 0 amide bonds. The van der Waals surface area contributed by atoms with E-state index in [1.54, 1.807) is 18.3 Å². The number of carbonyl (C=O) groups excluding carboxylic acids is 1. The first-order valence-corrected chi connectivity index (χ1v) is 13.6. The van der Waals surface area contributed by atoms with Crippen LogP contribution in [-0.2, 0) is 19.4 Å². The largest absolute Gasteiger partial charge is 0.468 e. The first-order chi connectivity index (χ1) is 18.7. The molecule has 0 spiro atoms. The zero-order chi connectivity index (χ0) is 27.7. The number of fused-ring (bicyclic) bond motifs is 1. The summed E-state index contributed by atoms with van der Waals surface area (Å²) in [6.45, 7) is 1.76. The molecular formula is C27H23N5O6S. The van der Waals surface area contributed by atoms with Gasteiger partial charge in [0.15, 0.2) is 22.0 Å². The summed E-state index contributed by atoms with van der Waals surface area (Å²) in [6.07, 6.45) is 5.46. The number of nitrogens with zero attached hydrogens (tertiary/aromatic N) is 4. The maximum absolute atomic E-state index is 13.7. The van der Waals surface area contributed by atoms with E-state index in [4.69, 9.17) is 4.42 Å². The smallest absolute Gasteiger partial charge is 0.325 e. The molecule has 1 N–H and O–H groups in total. The van der Waals surface area contributed by atoms with Crippen LogP contribution < -0.4 is 10.9 Å². The minimum atomic E-state index is -3.78. The third-order valence-corrected chi connectivity index (χ3v) is 7.12. The average molecular weight is 546 g/mol. The third-order valence-electron chi connectivity index (χ3n) is 5.98. The van der Waals surface area contributed by atoms with Gasteiger partial charge in [-0.1, -0.05) is 0 Å². The van der Waals surface area contributed by atoms with Gasteiger partial charge in [-0.15, -0.1) is 0 Å². The highest BCUT2D eigenvalue weighted by Crippen LogP contribution is 2.31. The number of pyridine rings is 1. The van der Waals surface area contributed by atoms with Crippen molar-refractivity contribution < 1.29 is 22.4 Å². The van der Waals surface area contributed by atoms with Gasteiger partial charge in [-0.05, 0) is 61.0 Å². The van der Waals surface area contributed by atoms with Crippen molar-refractivity contribution in [3.8, 4) is 28.3 Å².